The Morgan fingerprint density at radius 1 is 0.700 bits per heavy atom. The zero-order valence-corrected chi connectivity index (χ0v) is 13.9. The zero-order valence-electron chi connectivity index (χ0n) is 13.9. The molecule has 0 heterocycles. The zero-order chi connectivity index (χ0) is 14.3. The third-order valence-corrected chi connectivity index (χ3v) is 4.55. The molecule has 0 spiro atoms. The van der Waals surface area contributed by atoms with Crippen molar-refractivity contribution in [1.29, 1.82) is 0 Å². The quantitative estimate of drug-likeness (QED) is 0.454. The Kier molecular flexibility index (Phi) is 12.5. The first kappa shape index (κ1) is 18.0. The minimum Gasteiger partial charge on any atom is -0.315 e. The predicted octanol–water partition coefficient (Wildman–Crippen LogP) is 4.64. The van der Waals surface area contributed by atoms with Crippen LogP contribution in [0.4, 0.5) is 0 Å². The molecule has 0 aromatic rings. The Morgan fingerprint density at radius 3 is 1.95 bits per heavy atom. The van der Waals surface area contributed by atoms with Crippen LogP contribution >= 0.6 is 0 Å². The second-order valence-corrected chi connectivity index (χ2v) is 6.51. The molecule has 1 saturated carbocycles. The maximum Gasteiger partial charge on any atom is 0.00793 e. The van der Waals surface area contributed by atoms with E-state index in [2.05, 4.69) is 17.6 Å². The number of unbranched alkanes of at least 4 members (excludes halogenated alkanes) is 8. The molecule has 0 aliphatic heterocycles. The third-order valence-electron chi connectivity index (χ3n) is 4.55. The first-order valence-corrected chi connectivity index (χ1v) is 9.37. The molecule has 0 aromatic heterocycles. The van der Waals surface area contributed by atoms with E-state index in [1.54, 1.807) is 0 Å². The molecule has 1 aliphatic rings. The minimum atomic E-state index is 0.824. The van der Waals surface area contributed by atoms with Gasteiger partial charge >= 0.3 is 0 Å². The SMILES string of the molecule is CCCCCCCCCCCNCCNC1CCCC1. The van der Waals surface area contributed by atoms with E-state index in [0.717, 1.165) is 19.1 Å². The largest absolute Gasteiger partial charge is 0.315 e. The molecular weight excluding hydrogens is 244 g/mol. The van der Waals surface area contributed by atoms with Crippen molar-refractivity contribution in [3.63, 3.8) is 0 Å². The Bertz CT molecular complexity index is 188. The minimum absolute atomic E-state index is 0.824. The van der Waals surface area contributed by atoms with E-state index in [0.29, 0.717) is 0 Å². The summed E-state index contributed by atoms with van der Waals surface area (Å²) in [5, 5.41) is 7.22. The Morgan fingerprint density at radius 2 is 1.30 bits per heavy atom. The number of hydrogen-bond donors (Lipinski definition) is 2. The van der Waals surface area contributed by atoms with Crippen molar-refractivity contribution < 1.29 is 0 Å². The van der Waals surface area contributed by atoms with Crippen molar-refractivity contribution in [2.45, 2.75) is 96.4 Å². The van der Waals surface area contributed by atoms with Gasteiger partial charge in [0, 0.05) is 19.1 Å². The van der Waals surface area contributed by atoms with Crippen LogP contribution in [0.25, 0.3) is 0 Å². The van der Waals surface area contributed by atoms with Crippen LogP contribution in [0.15, 0.2) is 0 Å². The fourth-order valence-corrected chi connectivity index (χ4v) is 3.18. The van der Waals surface area contributed by atoms with E-state index < -0.39 is 0 Å². The van der Waals surface area contributed by atoms with Crippen LogP contribution in [-0.4, -0.2) is 25.7 Å². The summed E-state index contributed by atoms with van der Waals surface area (Å²) in [6.07, 6.45) is 18.5. The molecular formula is C18H38N2. The van der Waals surface area contributed by atoms with E-state index in [9.17, 15) is 0 Å². The van der Waals surface area contributed by atoms with Gasteiger partial charge in [-0.25, -0.2) is 0 Å². The van der Waals surface area contributed by atoms with E-state index in [1.165, 1.54) is 90.0 Å². The molecule has 2 heteroatoms. The summed E-state index contributed by atoms with van der Waals surface area (Å²) in [5.41, 5.74) is 0. The highest BCUT2D eigenvalue weighted by Crippen LogP contribution is 2.17. The lowest BCUT2D eigenvalue weighted by Crippen LogP contribution is -2.33. The summed E-state index contributed by atoms with van der Waals surface area (Å²) in [5.74, 6) is 0. The Balaban J connectivity index is 1.66. The Hall–Kier alpha value is -0.0800. The van der Waals surface area contributed by atoms with Crippen molar-refractivity contribution >= 4 is 0 Å². The van der Waals surface area contributed by atoms with Gasteiger partial charge in [0.25, 0.3) is 0 Å². The monoisotopic (exact) mass is 282 g/mol. The van der Waals surface area contributed by atoms with E-state index in [-0.39, 0.29) is 0 Å². The van der Waals surface area contributed by atoms with Gasteiger partial charge in [-0.1, -0.05) is 71.1 Å². The highest BCUT2D eigenvalue weighted by molar-refractivity contribution is 4.73. The molecule has 0 amide bonds. The number of rotatable bonds is 14. The molecule has 0 radical (unpaired) electrons. The summed E-state index contributed by atoms with van der Waals surface area (Å²) in [7, 11) is 0. The molecule has 0 saturated heterocycles. The average Bonchev–Trinajstić information content (AvgIpc) is 2.97. The van der Waals surface area contributed by atoms with E-state index in [4.69, 9.17) is 0 Å². The van der Waals surface area contributed by atoms with Gasteiger partial charge in [-0.3, -0.25) is 0 Å². The Labute approximate surface area is 127 Å². The molecule has 0 aromatic carbocycles. The van der Waals surface area contributed by atoms with Crippen LogP contribution in [0.2, 0.25) is 0 Å². The van der Waals surface area contributed by atoms with Crippen LogP contribution in [0, 0.1) is 0 Å². The third kappa shape index (κ3) is 10.7. The van der Waals surface area contributed by atoms with Gasteiger partial charge in [0.05, 0.1) is 0 Å². The van der Waals surface area contributed by atoms with Gasteiger partial charge in [-0.15, -0.1) is 0 Å². The van der Waals surface area contributed by atoms with E-state index in [1.807, 2.05) is 0 Å². The maximum atomic E-state index is 3.65. The molecule has 2 nitrogen and oxygen atoms in total. The first-order chi connectivity index (χ1) is 9.93. The lowest BCUT2D eigenvalue weighted by molar-refractivity contribution is 0.500. The molecule has 2 N–H and O–H groups in total. The van der Waals surface area contributed by atoms with Crippen molar-refractivity contribution in [2.75, 3.05) is 19.6 Å². The van der Waals surface area contributed by atoms with Crippen molar-refractivity contribution in [2.24, 2.45) is 0 Å². The molecule has 1 fully saturated rings. The summed E-state index contributed by atoms with van der Waals surface area (Å²) in [6.45, 7) is 5.80. The average molecular weight is 283 g/mol. The summed E-state index contributed by atoms with van der Waals surface area (Å²) < 4.78 is 0. The lowest BCUT2D eigenvalue weighted by atomic mass is 10.1. The van der Waals surface area contributed by atoms with Gasteiger partial charge in [-0.2, -0.15) is 0 Å². The van der Waals surface area contributed by atoms with E-state index >= 15 is 0 Å². The lowest BCUT2D eigenvalue weighted by Gasteiger charge is -2.12. The van der Waals surface area contributed by atoms with Crippen molar-refractivity contribution in [3.8, 4) is 0 Å². The van der Waals surface area contributed by atoms with Crippen LogP contribution in [0.1, 0.15) is 90.4 Å². The van der Waals surface area contributed by atoms with Crippen LogP contribution in [0.3, 0.4) is 0 Å². The van der Waals surface area contributed by atoms with Crippen LogP contribution in [0.5, 0.6) is 0 Å². The smallest absolute Gasteiger partial charge is 0.00793 e. The van der Waals surface area contributed by atoms with Crippen LogP contribution < -0.4 is 10.6 Å². The second kappa shape index (κ2) is 13.9. The molecule has 0 bridgehead atoms. The number of nitrogens with one attached hydrogen (secondary N) is 2. The molecule has 120 valence electrons. The standard InChI is InChI=1S/C18H38N2/c1-2-3-4-5-6-7-8-9-12-15-19-16-17-20-18-13-10-11-14-18/h18-20H,2-17H2,1H3. The molecule has 20 heavy (non-hydrogen) atoms. The number of hydrogen-bond acceptors (Lipinski definition) is 2. The second-order valence-electron chi connectivity index (χ2n) is 6.51. The highest BCUT2D eigenvalue weighted by Gasteiger charge is 2.12. The van der Waals surface area contributed by atoms with Crippen LogP contribution in [-0.2, 0) is 0 Å². The fraction of sp³-hybridized carbons (Fsp3) is 1.00. The summed E-state index contributed by atoms with van der Waals surface area (Å²) in [4.78, 5) is 0. The van der Waals surface area contributed by atoms with Gasteiger partial charge in [-0.05, 0) is 25.8 Å². The summed E-state index contributed by atoms with van der Waals surface area (Å²) >= 11 is 0. The molecule has 0 atom stereocenters. The van der Waals surface area contributed by atoms with Gasteiger partial charge in [0.1, 0.15) is 0 Å². The first-order valence-electron chi connectivity index (χ1n) is 9.37. The molecule has 1 aliphatic carbocycles. The topological polar surface area (TPSA) is 24.1 Å². The molecule has 0 unspecified atom stereocenters. The van der Waals surface area contributed by atoms with Gasteiger partial charge in [0.2, 0.25) is 0 Å². The predicted molar refractivity (Wildman–Crippen MR) is 90.4 cm³/mol. The summed E-state index contributed by atoms with van der Waals surface area (Å²) in [6, 6.07) is 0.824. The highest BCUT2D eigenvalue weighted by atomic mass is 15.0. The molecule has 1 rings (SSSR count). The van der Waals surface area contributed by atoms with Crippen molar-refractivity contribution in [3.05, 3.63) is 0 Å². The van der Waals surface area contributed by atoms with Gasteiger partial charge < -0.3 is 10.6 Å². The van der Waals surface area contributed by atoms with Gasteiger partial charge in [0.15, 0.2) is 0 Å². The normalized spacial score (nSPS) is 16.1. The fourth-order valence-electron chi connectivity index (χ4n) is 3.18. The maximum absolute atomic E-state index is 3.65. The van der Waals surface area contributed by atoms with Crippen molar-refractivity contribution in [1.82, 2.24) is 10.6 Å².